The SMILES string of the molecule is CC[C@H](C)[C@@H](CO)NC(=O)CCc1c(C)nc2cc(=O)[nH]n2c1C. The van der Waals surface area contributed by atoms with Crippen molar-refractivity contribution in [3.63, 3.8) is 0 Å². The molecule has 7 heteroatoms. The van der Waals surface area contributed by atoms with E-state index < -0.39 is 0 Å². The third-order valence-electron chi connectivity index (χ3n) is 4.68. The van der Waals surface area contributed by atoms with E-state index in [0.717, 1.165) is 23.4 Å². The molecule has 1 amide bonds. The van der Waals surface area contributed by atoms with Gasteiger partial charge in [-0.05, 0) is 31.7 Å². The number of aliphatic hydroxyl groups is 1. The van der Waals surface area contributed by atoms with Crippen molar-refractivity contribution in [3.05, 3.63) is 33.4 Å². The highest BCUT2D eigenvalue weighted by atomic mass is 16.3. The van der Waals surface area contributed by atoms with Gasteiger partial charge < -0.3 is 10.4 Å². The maximum absolute atomic E-state index is 12.2. The molecule has 2 atom stereocenters. The summed E-state index contributed by atoms with van der Waals surface area (Å²) in [6.07, 6.45) is 1.74. The molecule has 132 valence electrons. The largest absolute Gasteiger partial charge is 0.394 e. The lowest BCUT2D eigenvalue weighted by Gasteiger charge is -2.22. The van der Waals surface area contributed by atoms with E-state index in [1.54, 1.807) is 4.52 Å². The fourth-order valence-corrected chi connectivity index (χ4v) is 2.89. The second kappa shape index (κ2) is 7.61. The van der Waals surface area contributed by atoms with Gasteiger partial charge in [0.05, 0.1) is 12.6 Å². The first kappa shape index (κ1) is 18.2. The molecular weight excluding hydrogens is 308 g/mol. The monoisotopic (exact) mass is 334 g/mol. The molecule has 3 N–H and O–H groups in total. The second-order valence-corrected chi connectivity index (χ2v) is 6.32. The predicted octanol–water partition coefficient (Wildman–Crippen LogP) is 1.10. The third-order valence-corrected chi connectivity index (χ3v) is 4.68. The van der Waals surface area contributed by atoms with Crippen LogP contribution in [-0.4, -0.2) is 38.3 Å². The molecule has 0 aromatic carbocycles. The standard InChI is InChI=1S/C17H26N4O3/c1-5-10(2)14(9-22)19-16(23)7-6-13-11(3)18-15-8-17(24)20-21(15)12(13)4/h8,10,14,22H,5-7,9H2,1-4H3,(H,19,23)(H,20,24)/t10-,14+/m0/s1. The number of aryl methyl sites for hydroxylation is 2. The van der Waals surface area contributed by atoms with E-state index in [-0.39, 0.29) is 30.0 Å². The molecule has 2 rings (SSSR count). The molecule has 0 aliphatic heterocycles. The maximum atomic E-state index is 12.2. The fraction of sp³-hybridized carbons (Fsp3) is 0.588. The number of carbonyl (C=O) groups excluding carboxylic acids is 1. The smallest absolute Gasteiger partial charge is 0.266 e. The van der Waals surface area contributed by atoms with Gasteiger partial charge in [-0.1, -0.05) is 20.3 Å². The topological polar surface area (TPSA) is 99.5 Å². The van der Waals surface area contributed by atoms with Crippen molar-refractivity contribution < 1.29 is 9.90 Å². The van der Waals surface area contributed by atoms with Gasteiger partial charge in [0, 0.05) is 23.9 Å². The van der Waals surface area contributed by atoms with Crippen molar-refractivity contribution in [3.8, 4) is 0 Å². The summed E-state index contributed by atoms with van der Waals surface area (Å²) in [6.45, 7) is 7.77. The van der Waals surface area contributed by atoms with Crippen LogP contribution in [0, 0.1) is 19.8 Å². The minimum absolute atomic E-state index is 0.0586. The molecule has 2 aromatic heterocycles. The van der Waals surface area contributed by atoms with Crippen LogP contribution >= 0.6 is 0 Å². The molecule has 0 saturated heterocycles. The van der Waals surface area contributed by atoms with Crippen LogP contribution in [0.4, 0.5) is 0 Å². The Kier molecular flexibility index (Phi) is 5.77. The molecule has 0 radical (unpaired) electrons. The van der Waals surface area contributed by atoms with Gasteiger partial charge in [-0.15, -0.1) is 0 Å². The zero-order valence-corrected chi connectivity index (χ0v) is 14.7. The first-order valence-electron chi connectivity index (χ1n) is 8.35. The first-order valence-corrected chi connectivity index (χ1v) is 8.35. The summed E-state index contributed by atoms with van der Waals surface area (Å²) < 4.78 is 1.65. The molecular formula is C17H26N4O3. The Morgan fingerprint density at radius 2 is 2.17 bits per heavy atom. The van der Waals surface area contributed by atoms with Crippen molar-refractivity contribution in [1.82, 2.24) is 19.9 Å². The lowest BCUT2D eigenvalue weighted by atomic mass is 9.99. The number of nitrogens with one attached hydrogen (secondary N) is 2. The van der Waals surface area contributed by atoms with Crippen molar-refractivity contribution in [2.45, 2.75) is 53.0 Å². The minimum Gasteiger partial charge on any atom is -0.394 e. The van der Waals surface area contributed by atoms with E-state index in [1.807, 2.05) is 27.7 Å². The maximum Gasteiger partial charge on any atom is 0.266 e. The van der Waals surface area contributed by atoms with Crippen molar-refractivity contribution in [1.29, 1.82) is 0 Å². The molecule has 0 aliphatic rings. The number of rotatable bonds is 7. The molecule has 0 fully saturated rings. The Morgan fingerprint density at radius 3 is 2.79 bits per heavy atom. The average molecular weight is 334 g/mol. The Hall–Kier alpha value is -2.15. The summed E-state index contributed by atoms with van der Waals surface area (Å²) in [5.41, 5.74) is 3.04. The number of carbonyl (C=O) groups is 1. The highest BCUT2D eigenvalue weighted by Crippen LogP contribution is 2.15. The fourth-order valence-electron chi connectivity index (χ4n) is 2.89. The van der Waals surface area contributed by atoms with Crippen molar-refractivity contribution >= 4 is 11.6 Å². The van der Waals surface area contributed by atoms with Crippen LogP contribution in [0.1, 0.15) is 43.6 Å². The lowest BCUT2D eigenvalue weighted by Crippen LogP contribution is -2.42. The number of aliphatic hydroxyl groups excluding tert-OH is 1. The molecule has 2 aromatic rings. The normalized spacial score (nSPS) is 13.9. The van der Waals surface area contributed by atoms with E-state index in [2.05, 4.69) is 15.4 Å². The van der Waals surface area contributed by atoms with E-state index in [0.29, 0.717) is 18.5 Å². The van der Waals surface area contributed by atoms with Gasteiger partial charge in [-0.2, -0.15) is 0 Å². The number of hydrogen-bond acceptors (Lipinski definition) is 4. The Labute approximate surface area is 141 Å². The summed E-state index contributed by atoms with van der Waals surface area (Å²) in [7, 11) is 0. The lowest BCUT2D eigenvalue weighted by molar-refractivity contribution is -0.122. The number of aromatic amines is 1. The summed E-state index contributed by atoms with van der Waals surface area (Å²) in [5.74, 6) is 0.139. The molecule has 0 bridgehead atoms. The zero-order valence-electron chi connectivity index (χ0n) is 14.7. The third kappa shape index (κ3) is 3.84. The van der Waals surface area contributed by atoms with E-state index >= 15 is 0 Å². The van der Waals surface area contributed by atoms with Crippen LogP contribution in [0.3, 0.4) is 0 Å². The van der Waals surface area contributed by atoms with Crippen molar-refractivity contribution in [2.24, 2.45) is 5.92 Å². The number of H-pyrrole nitrogens is 1. The molecule has 2 heterocycles. The van der Waals surface area contributed by atoms with Gasteiger partial charge in [0.25, 0.3) is 5.56 Å². The Balaban J connectivity index is 2.10. The first-order chi connectivity index (χ1) is 11.4. The highest BCUT2D eigenvalue weighted by molar-refractivity contribution is 5.76. The van der Waals surface area contributed by atoms with Gasteiger partial charge >= 0.3 is 0 Å². The number of hydrogen-bond donors (Lipinski definition) is 3. The molecule has 0 unspecified atom stereocenters. The number of fused-ring (bicyclic) bond motifs is 1. The van der Waals surface area contributed by atoms with Crippen LogP contribution in [0.15, 0.2) is 10.9 Å². The van der Waals surface area contributed by atoms with Gasteiger partial charge in [0.2, 0.25) is 5.91 Å². The van der Waals surface area contributed by atoms with E-state index in [4.69, 9.17) is 0 Å². The summed E-state index contributed by atoms with van der Waals surface area (Å²) in [6, 6.07) is 1.24. The highest BCUT2D eigenvalue weighted by Gasteiger charge is 2.18. The average Bonchev–Trinajstić information content (AvgIpc) is 2.92. The zero-order chi connectivity index (χ0) is 17.9. The minimum atomic E-state index is -0.217. The van der Waals surface area contributed by atoms with Crippen molar-refractivity contribution in [2.75, 3.05) is 6.61 Å². The van der Waals surface area contributed by atoms with Crippen LogP contribution in [0.25, 0.3) is 5.65 Å². The summed E-state index contributed by atoms with van der Waals surface area (Å²) in [5, 5.41) is 15.0. The second-order valence-electron chi connectivity index (χ2n) is 6.32. The van der Waals surface area contributed by atoms with Gasteiger partial charge in [0.1, 0.15) is 0 Å². The molecule has 24 heavy (non-hydrogen) atoms. The quantitative estimate of drug-likeness (QED) is 0.706. The molecule has 0 saturated carbocycles. The van der Waals surface area contributed by atoms with Gasteiger partial charge in [-0.25, -0.2) is 9.50 Å². The number of amides is 1. The Bertz CT molecular complexity index is 778. The van der Waals surface area contributed by atoms with Crippen LogP contribution in [-0.2, 0) is 11.2 Å². The summed E-state index contributed by atoms with van der Waals surface area (Å²) >= 11 is 0. The van der Waals surface area contributed by atoms with E-state index in [9.17, 15) is 14.7 Å². The number of aromatic nitrogens is 3. The van der Waals surface area contributed by atoms with Gasteiger partial charge in [0.15, 0.2) is 5.65 Å². The van der Waals surface area contributed by atoms with E-state index in [1.165, 1.54) is 6.07 Å². The molecule has 0 spiro atoms. The van der Waals surface area contributed by atoms with Gasteiger partial charge in [-0.3, -0.25) is 14.7 Å². The molecule has 0 aliphatic carbocycles. The van der Waals surface area contributed by atoms with Crippen LogP contribution in [0.2, 0.25) is 0 Å². The Morgan fingerprint density at radius 1 is 1.46 bits per heavy atom. The van der Waals surface area contributed by atoms with Crippen LogP contribution in [0.5, 0.6) is 0 Å². The predicted molar refractivity (Wildman–Crippen MR) is 92.1 cm³/mol. The molecule has 7 nitrogen and oxygen atoms in total. The summed E-state index contributed by atoms with van der Waals surface area (Å²) in [4.78, 5) is 28.1. The number of nitrogens with zero attached hydrogens (tertiary/aromatic N) is 2. The van der Waals surface area contributed by atoms with Crippen LogP contribution < -0.4 is 10.9 Å².